The Bertz CT molecular complexity index is 773. The summed E-state index contributed by atoms with van der Waals surface area (Å²) in [5.74, 6) is -1.23. The molecule has 3 aliphatic heterocycles. The van der Waals surface area contributed by atoms with Crippen LogP contribution in [0.1, 0.15) is 32.1 Å². The highest BCUT2D eigenvalue weighted by Crippen LogP contribution is 2.27. The second-order valence-electron chi connectivity index (χ2n) is 8.28. The van der Waals surface area contributed by atoms with Crippen molar-refractivity contribution in [3.8, 4) is 0 Å². The molecule has 30 heavy (non-hydrogen) atoms. The molecule has 3 saturated heterocycles. The van der Waals surface area contributed by atoms with Crippen LogP contribution in [0.5, 0.6) is 0 Å². The van der Waals surface area contributed by atoms with E-state index in [1.54, 1.807) is 22.2 Å². The molecule has 0 aliphatic carbocycles. The van der Waals surface area contributed by atoms with Gasteiger partial charge in [0.2, 0.25) is 5.91 Å². The van der Waals surface area contributed by atoms with Gasteiger partial charge in [0.25, 0.3) is 0 Å². The Labute approximate surface area is 175 Å². The van der Waals surface area contributed by atoms with Crippen LogP contribution in [0.15, 0.2) is 24.5 Å². The van der Waals surface area contributed by atoms with E-state index < -0.39 is 12.1 Å². The van der Waals surface area contributed by atoms with Crippen LogP contribution in [0.3, 0.4) is 0 Å². The number of amides is 2. The summed E-state index contributed by atoms with van der Waals surface area (Å²) in [6.45, 7) is 3.07. The van der Waals surface area contributed by atoms with Crippen LogP contribution in [0.4, 0.5) is 10.5 Å². The Hall–Kier alpha value is -2.84. The van der Waals surface area contributed by atoms with Gasteiger partial charge in [-0.05, 0) is 37.8 Å². The maximum Gasteiger partial charge on any atom is 0.410 e. The van der Waals surface area contributed by atoms with Gasteiger partial charge in [-0.2, -0.15) is 0 Å². The smallest absolute Gasteiger partial charge is 0.410 e. The molecule has 0 bridgehead atoms. The van der Waals surface area contributed by atoms with Gasteiger partial charge in [-0.3, -0.25) is 14.6 Å². The third kappa shape index (κ3) is 4.49. The SMILES string of the molecule is O=C(O)C1CCN(C(=O)CC2CN(C3CCN(c4ccncc4)CC3)C(=O)O2)CC1. The van der Waals surface area contributed by atoms with Gasteiger partial charge in [0.1, 0.15) is 6.10 Å². The molecular weight excluding hydrogens is 388 g/mol. The molecule has 9 nitrogen and oxygen atoms in total. The summed E-state index contributed by atoms with van der Waals surface area (Å²) in [4.78, 5) is 45.9. The number of likely N-dealkylation sites (tertiary alicyclic amines) is 1. The van der Waals surface area contributed by atoms with Crippen LogP contribution < -0.4 is 4.90 Å². The van der Waals surface area contributed by atoms with E-state index in [9.17, 15) is 14.4 Å². The standard InChI is InChI=1S/C21H28N4O5/c26-19(24-9-3-15(4-10-24)20(27)28)13-18-14-25(21(29)30-18)17-5-11-23(12-6-17)16-1-7-22-8-2-16/h1-2,7-8,15,17-18H,3-6,9-14H2,(H,27,28). The lowest BCUT2D eigenvalue weighted by Gasteiger charge is -2.36. The van der Waals surface area contributed by atoms with E-state index in [1.807, 2.05) is 12.1 Å². The second-order valence-corrected chi connectivity index (χ2v) is 8.28. The molecule has 4 heterocycles. The Morgan fingerprint density at radius 1 is 1.07 bits per heavy atom. The van der Waals surface area contributed by atoms with Crippen LogP contribution in [-0.2, 0) is 14.3 Å². The predicted octanol–water partition coefficient (Wildman–Crippen LogP) is 1.58. The number of carbonyl (C=O) groups is 3. The molecule has 0 spiro atoms. The van der Waals surface area contributed by atoms with Gasteiger partial charge < -0.3 is 24.5 Å². The molecule has 1 aromatic heterocycles. The molecule has 9 heteroatoms. The highest BCUT2D eigenvalue weighted by atomic mass is 16.6. The number of hydrogen-bond donors (Lipinski definition) is 1. The first-order valence-corrected chi connectivity index (χ1v) is 10.6. The summed E-state index contributed by atoms with van der Waals surface area (Å²) >= 11 is 0. The number of hydrogen-bond acceptors (Lipinski definition) is 6. The summed E-state index contributed by atoms with van der Waals surface area (Å²) in [6, 6.07) is 4.11. The Balaban J connectivity index is 1.25. The molecular formula is C21H28N4O5. The zero-order chi connectivity index (χ0) is 21.1. The quantitative estimate of drug-likeness (QED) is 0.777. The van der Waals surface area contributed by atoms with Gasteiger partial charge in [-0.25, -0.2) is 4.79 Å². The number of anilines is 1. The molecule has 1 aromatic rings. The minimum atomic E-state index is -0.794. The lowest BCUT2D eigenvalue weighted by atomic mass is 9.97. The third-order valence-electron chi connectivity index (χ3n) is 6.43. The largest absolute Gasteiger partial charge is 0.481 e. The van der Waals surface area contributed by atoms with Crippen molar-refractivity contribution in [2.45, 2.75) is 44.2 Å². The molecule has 3 aliphatic rings. The van der Waals surface area contributed by atoms with Crippen LogP contribution in [0, 0.1) is 5.92 Å². The van der Waals surface area contributed by atoms with Crippen molar-refractivity contribution in [1.82, 2.24) is 14.8 Å². The Kier molecular flexibility index (Phi) is 6.06. The molecule has 2 amide bonds. The van der Waals surface area contributed by atoms with Crippen molar-refractivity contribution in [1.29, 1.82) is 0 Å². The fourth-order valence-electron chi connectivity index (χ4n) is 4.64. The predicted molar refractivity (Wildman–Crippen MR) is 108 cm³/mol. The monoisotopic (exact) mass is 416 g/mol. The number of piperidine rings is 2. The number of rotatable bonds is 5. The first-order valence-electron chi connectivity index (χ1n) is 10.6. The van der Waals surface area contributed by atoms with Crippen LogP contribution >= 0.6 is 0 Å². The zero-order valence-electron chi connectivity index (χ0n) is 17.0. The number of carboxylic acids is 1. The van der Waals surface area contributed by atoms with Gasteiger partial charge >= 0.3 is 12.1 Å². The van der Waals surface area contributed by atoms with Gasteiger partial charge in [-0.1, -0.05) is 0 Å². The van der Waals surface area contributed by atoms with E-state index in [-0.39, 0.29) is 30.4 Å². The number of carboxylic acid groups (broad SMARTS) is 1. The van der Waals surface area contributed by atoms with Gasteiger partial charge in [0, 0.05) is 50.3 Å². The number of aromatic nitrogens is 1. The van der Waals surface area contributed by atoms with Crippen LogP contribution in [0.2, 0.25) is 0 Å². The van der Waals surface area contributed by atoms with Crippen molar-refractivity contribution >= 4 is 23.7 Å². The highest BCUT2D eigenvalue weighted by molar-refractivity contribution is 5.79. The molecule has 4 rings (SSSR count). The first-order chi connectivity index (χ1) is 14.5. The maximum absolute atomic E-state index is 12.6. The molecule has 1 atom stereocenters. The summed E-state index contributed by atoms with van der Waals surface area (Å²) in [5, 5.41) is 9.08. The lowest BCUT2D eigenvalue weighted by Crippen LogP contribution is -2.46. The molecule has 3 fully saturated rings. The van der Waals surface area contributed by atoms with E-state index in [0.717, 1.165) is 31.6 Å². The van der Waals surface area contributed by atoms with Crippen molar-refractivity contribution in [2.24, 2.45) is 5.92 Å². The van der Waals surface area contributed by atoms with Crippen molar-refractivity contribution in [3.63, 3.8) is 0 Å². The topological polar surface area (TPSA) is 103 Å². The fraction of sp³-hybridized carbons (Fsp3) is 0.619. The summed E-state index contributed by atoms with van der Waals surface area (Å²) in [7, 11) is 0. The van der Waals surface area contributed by atoms with Crippen molar-refractivity contribution in [2.75, 3.05) is 37.6 Å². The number of nitrogens with zero attached hydrogens (tertiary/aromatic N) is 4. The number of ether oxygens (including phenoxy) is 1. The summed E-state index contributed by atoms with van der Waals surface area (Å²) in [5.41, 5.74) is 1.14. The van der Waals surface area contributed by atoms with E-state index in [2.05, 4.69) is 9.88 Å². The molecule has 1 N–H and O–H groups in total. The molecule has 0 aromatic carbocycles. The van der Waals surface area contributed by atoms with Gasteiger partial charge in [0.15, 0.2) is 0 Å². The Morgan fingerprint density at radius 3 is 2.37 bits per heavy atom. The van der Waals surface area contributed by atoms with E-state index in [1.165, 1.54) is 0 Å². The molecule has 1 unspecified atom stereocenters. The number of carbonyl (C=O) groups excluding carboxylic acids is 2. The fourth-order valence-corrected chi connectivity index (χ4v) is 4.64. The minimum Gasteiger partial charge on any atom is -0.481 e. The van der Waals surface area contributed by atoms with Crippen LogP contribution in [-0.4, -0.2) is 82.7 Å². The van der Waals surface area contributed by atoms with Gasteiger partial charge in [0.05, 0.1) is 18.9 Å². The van der Waals surface area contributed by atoms with Crippen LogP contribution in [0.25, 0.3) is 0 Å². The first kappa shape index (κ1) is 20.4. The van der Waals surface area contributed by atoms with Crippen molar-refractivity contribution in [3.05, 3.63) is 24.5 Å². The normalized spacial score (nSPS) is 23.5. The molecule has 0 radical (unpaired) electrons. The van der Waals surface area contributed by atoms with Gasteiger partial charge in [-0.15, -0.1) is 0 Å². The summed E-state index contributed by atoms with van der Waals surface area (Å²) in [6.07, 6.45) is 5.65. The third-order valence-corrected chi connectivity index (χ3v) is 6.43. The summed E-state index contributed by atoms with van der Waals surface area (Å²) < 4.78 is 5.48. The van der Waals surface area contributed by atoms with Crippen molar-refractivity contribution < 1.29 is 24.2 Å². The number of cyclic esters (lactones) is 1. The second kappa shape index (κ2) is 8.89. The minimum absolute atomic E-state index is 0.0639. The van der Waals surface area contributed by atoms with E-state index >= 15 is 0 Å². The maximum atomic E-state index is 12.6. The number of aliphatic carboxylic acids is 1. The highest BCUT2D eigenvalue weighted by Gasteiger charge is 2.39. The average molecular weight is 416 g/mol. The lowest BCUT2D eigenvalue weighted by molar-refractivity contribution is -0.146. The molecule has 162 valence electrons. The molecule has 0 saturated carbocycles. The number of pyridine rings is 1. The zero-order valence-corrected chi connectivity index (χ0v) is 17.0. The Morgan fingerprint density at radius 2 is 1.73 bits per heavy atom. The van der Waals surface area contributed by atoms with E-state index in [0.29, 0.717) is 32.5 Å². The van der Waals surface area contributed by atoms with E-state index in [4.69, 9.17) is 9.84 Å². The average Bonchev–Trinajstić information content (AvgIpc) is 3.14.